The van der Waals surface area contributed by atoms with E-state index < -0.39 is 0 Å². The molecule has 0 amide bonds. The molecule has 9 aromatic carbocycles. The lowest BCUT2D eigenvalue weighted by Gasteiger charge is -2.50. The van der Waals surface area contributed by atoms with Gasteiger partial charge in [0.05, 0.1) is 5.69 Å². The third-order valence-corrected chi connectivity index (χ3v) is 20.5. The number of thioether (sulfide) groups is 1. The average molecular weight is 1060 g/mol. The van der Waals surface area contributed by atoms with Crippen molar-refractivity contribution >= 4 is 74.9 Å². The van der Waals surface area contributed by atoms with Crippen molar-refractivity contribution in [1.82, 2.24) is 0 Å². The smallest absolute Gasteiger partial charge is 0.259 e. The average Bonchev–Trinajstić information content (AvgIpc) is 3.31. The highest BCUT2D eigenvalue weighted by Crippen LogP contribution is 2.68. The van der Waals surface area contributed by atoms with E-state index in [0.717, 1.165) is 29.2 Å². The topological polar surface area (TPSA) is 9.72 Å². The molecule has 3 aliphatic heterocycles. The van der Waals surface area contributed by atoms with Crippen molar-refractivity contribution < 1.29 is 0 Å². The molecule has 0 radical (unpaired) electrons. The Kier molecular flexibility index (Phi) is 12.6. The van der Waals surface area contributed by atoms with Gasteiger partial charge < -0.3 is 14.7 Å². The fraction of sp³-hybridized carbons (Fsp3) is 0.253. The lowest BCUT2D eigenvalue weighted by molar-refractivity contribution is 0.210. The Bertz CT molecular complexity index is 3740. The molecule has 0 spiro atoms. The van der Waals surface area contributed by atoms with E-state index in [4.69, 9.17) is 0 Å². The Morgan fingerprint density at radius 3 is 1.39 bits per heavy atom. The summed E-state index contributed by atoms with van der Waals surface area (Å²) in [6, 6.07) is 83.1. The zero-order chi connectivity index (χ0) is 55.3. The van der Waals surface area contributed by atoms with Crippen LogP contribution < -0.4 is 25.6 Å². The molecule has 1 saturated carbocycles. The van der Waals surface area contributed by atoms with E-state index >= 15 is 0 Å². The maximum absolute atomic E-state index is 2.75. The molecule has 2 atom stereocenters. The maximum Gasteiger partial charge on any atom is 0.259 e. The predicted molar refractivity (Wildman–Crippen MR) is 346 cm³/mol. The quantitative estimate of drug-likeness (QED) is 0.133. The largest absolute Gasteiger partial charge is 0.314 e. The van der Waals surface area contributed by atoms with Gasteiger partial charge in [0.15, 0.2) is 0 Å². The van der Waals surface area contributed by atoms with E-state index in [1.807, 2.05) is 0 Å². The normalized spacial score (nSPS) is 18.6. The Morgan fingerprint density at radius 1 is 0.425 bits per heavy atom. The van der Waals surface area contributed by atoms with Gasteiger partial charge in [0.1, 0.15) is 0 Å². The molecule has 1 fully saturated rings. The van der Waals surface area contributed by atoms with Crippen LogP contribution in [0.4, 0.5) is 45.5 Å². The van der Waals surface area contributed by atoms with Crippen molar-refractivity contribution in [2.75, 3.05) is 14.7 Å². The highest BCUT2D eigenvalue weighted by Gasteiger charge is 2.61. The van der Waals surface area contributed by atoms with Crippen LogP contribution in [0.25, 0.3) is 22.3 Å². The minimum absolute atomic E-state index is 0.00557. The molecule has 2 unspecified atom stereocenters. The Labute approximate surface area is 481 Å². The molecule has 5 heteroatoms. The van der Waals surface area contributed by atoms with Crippen LogP contribution >= 0.6 is 11.8 Å². The Hall–Kier alpha value is -7.47. The van der Waals surface area contributed by atoms with Gasteiger partial charge in [-0.05, 0) is 158 Å². The van der Waals surface area contributed by atoms with Gasteiger partial charge in [-0.15, -0.1) is 11.8 Å². The van der Waals surface area contributed by atoms with Crippen molar-refractivity contribution in [2.24, 2.45) is 5.41 Å². The molecule has 3 heterocycles. The van der Waals surface area contributed by atoms with Crippen LogP contribution in [0.3, 0.4) is 0 Å². The second kappa shape index (κ2) is 19.4. The first kappa shape index (κ1) is 51.9. The van der Waals surface area contributed by atoms with E-state index in [1.54, 1.807) is 0 Å². The van der Waals surface area contributed by atoms with E-state index in [0.29, 0.717) is 0 Å². The molecule has 13 rings (SSSR count). The van der Waals surface area contributed by atoms with E-state index in [1.165, 1.54) is 108 Å². The second-order valence-electron chi connectivity index (χ2n) is 26.1. The first-order chi connectivity index (χ1) is 38.4. The molecule has 1 aliphatic carbocycles. The van der Waals surface area contributed by atoms with Gasteiger partial charge in [0.25, 0.3) is 6.71 Å². The van der Waals surface area contributed by atoms with Gasteiger partial charge in [-0.3, -0.25) is 0 Å². The molecule has 80 heavy (non-hydrogen) atoms. The third kappa shape index (κ3) is 8.65. The third-order valence-electron chi connectivity index (χ3n) is 18.7. The zero-order valence-electron chi connectivity index (χ0n) is 48.4. The molecule has 0 aromatic heterocycles. The van der Waals surface area contributed by atoms with Crippen LogP contribution in [0, 0.1) is 5.41 Å². The zero-order valence-corrected chi connectivity index (χ0v) is 49.3. The van der Waals surface area contributed by atoms with Gasteiger partial charge in [-0.2, -0.15) is 0 Å². The summed E-state index contributed by atoms with van der Waals surface area (Å²) >= 11 is 2.20. The summed E-state index contributed by atoms with van der Waals surface area (Å²) < 4.78 is 0.0125. The number of allylic oxidation sites excluding steroid dienone is 1. The number of nitrogens with zero attached hydrogens (tertiary/aromatic N) is 3. The highest BCUT2D eigenvalue weighted by atomic mass is 32.2. The number of benzene rings is 9. The number of rotatable bonds is 9. The lowest BCUT2D eigenvalue weighted by Crippen LogP contribution is -2.56. The van der Waals surface area contributed by atoms with Gasteiger partial charge in [-0.1, -0.05) is 227 Å². The van der Waals surface area contributed by atoms with Gasteiger partial charge in [0.2, 0.25) is 0 Å². The molecule has 4 aliphatic rings. The second-order valence-corrected chi connectivity index (χ2v) is 27.7. The van der Waals surface area contributed by atoms with Crippen LogP contribution in [0.15, 0.2) is 229 Å². The van der Waals surface area contributed by atoms with Crippen molar-refractivity contribution in [3.63, 3.8) is 0 Å². The fourth-order valence-electron chi connectivity index (χ4n) is 13.7. The minimum atomic E-state index is -0.265. The van der Waals surface area contributed by atoms with Gasteiger partial charge in [0, 0.05) is 61.1 Å². The fourth-order valence-corrected chi connectivity index (χ4v) is 15.6. The summed E-state index contributed by atoms with van der Waals surface area (Å²) in [5, 5.41) is 0. The Balaban J connectivity index is 1.13. The minimum Gasteiger partial charge on any atom is -0.314 e. The first-order valence-corrected chi connectivity index (χ1v) is 30.0. The van der Waals surface area contributed by atoms with Crippen molar-refractivity contribution in [2.45, 2.75) is 116 Å². The van der Waals surface area contributed by atoms with E-state index in [9.17, 15) is 0 Å². The maximum atomic E-state index is 2.75. The number of fused-ring (bicyclic) bond motifs is 5. The standard InChI is InChI=1S/C75H74BN3S/c1-71(2,3)55-32-41-59(42-33-55)77(60-43-34-56(35-44-60)72(4,5)6)63-49-66-68-67(50-63)79(62-39-30-54(31-40-62)52-24-16-12-17-25-52)69-70(80-75(10)47-21-20-46-74(69,75)9)76(68)64-45-36-58(73(7,8)57-26-18-13-19-27-57)48-65(64)78(66)61-37-28-53(29-38-61)51-22-14-11-15-23-51/h11-19,22-45,48-50H,20-21,46-47H2,1-10H3. The van der Waals surface area contributed by atoms with Crippen molar-refractivity contribution in [3.05, 3.63) is 251 Å². The molecule has 3 nitrogen and oxygen atoms in total. The predicted octanol–water partition coefficient (Wildman–Crippen LogP) is 19.8. The summed E-state index contributed by atoms with van der Waals surface area (Å²) in [7, 11) is 0. The van der Waals surface area contributed by atoms with Gasteiger partial charge in [-0.25, -0.2) is 0 Å². The molecular weight excluding hydrogens is 986 g/mol. The SMILES string of the molecule is CC(C)(C)c1ccc(N(c2ccc(C(C)(C)C)cc2)c2cc3c4c(c2)N(c2ccc(-c5ccccc5)cc2)c2cc(C(C)(C)c5ccccc5)ccc2B4C2=C(N3c3ccc(-c4ccccc4)cc3)C3(C)CCCCC3(C)S2)cc1. The monoisotopic (exact) mass is 1060 g/mol. The summed E-state index contributed by atoms with van der Waals surface area (Å²) in [4.78, 5) is 9.43. The van der Waals surface area contributed by atoms with E-state index in [2.05, 4.69) is 314 Å². The van der Waals surface area contributed by atoms with Crippen LogP contribution in [0.2, 0.25) is 0 Å². The molecule has 0 N–H and O–H groups in total. The first-order valence-electron chi connectivity index (χ1n) is 29.2. The summed E-state index contributed by atoms with van der Waals surface area (Å²) in [5.74, 6) is 0. The van der Waals surface area contributed by atoms with Crippen molar-refractivity contribution in [1.29, 1.82) is 0 Å². The molecular formula is C75H74BN3S. The Morgan fingerprint density at radius 2 is 0.875 bits per heavy atom. The molecule has 9 aromatic rings. The summed E-state index contributed by atoms with van der Waals surface area (Å²) in [6.45, 7) is 23.9. The number of hydrogen-bond acceptors (Lipinski definition) is 4. The lowest BCUT2D eigenvalue weighted by atomic mass is 9.36. The number of anilines is 8. The van der Waals surface area contributed by atoms with E-state index in [-0.39, 0.29) is 33.1 Å². The van der Waals surface area contributed by atoms with Crippen LogP contribution in [0.5, 0.6) is 0 Å². The highest BCUT2D eigenvalue weighted by molar-refractivity contribution is 8.06. The molecule has 398 valence electrons. The molecule has 0 bridgehead atoms. The van der Waals surface area contributed by atoms with Crippen LogP contribution in [-0.4, -0.2) is 11.5 Å². The summed E-state index contributed by atoms with van der Waals surface area (Å²) in [5.41, 5.74) is 23.4. The van der Waals surface area contributed by atoms with Gasteiger partial charge >= 0.3 is 0 Å². The van der Waals surface area contributed by atoms with Crippen LogP contribution in [0.1, 0.15) is 117 Å². The summed E-state index contributed by atoms with van der Waals surface area (Å²) in [6.07, 6.45) is 4.79. The number of hydrogen-bond donors (Lipinski definition) is 0. The molecule has 0 saturated heterocycles. The van der Waals surface area contributed by atoms with Crippen molar-refractivity contribution in [3.8, 4) is 22.3 Å². The van der Waals surface area contributed by atoms with Crippen LogP contribution in [-0.2, 0) is 16.2 Å².